The predicted octanol–water partition coefficient (Wildman–Crippen LogP) is 4.51. The van der Waals surface area contributed by atoms with Crippen LogP contribution < -0.4 is 10.1 Å². The molecule has 0 saturated carbocycles. The molecule has 0 spiro atoms. The van der Waals surface area contributed by atoms with Gasteiger partial charge in [0.2, 0.25) is 11.7 Å². The molecule has 2 rings (SSSR count). The Hall–Kier alpha value is -2.29. The van der Waals surface area contributed by atoms with Crippen molar-refractivity contribution < 1.29 is 31.5 Å². The summed E-state index contributed by atoms with van der Waals surface area (Å²) in [6.45, 7) is 1.27. The average Bonchev–Trinajstić information content (AvgIpc) is 2.62. The lowest BCUT2D eigenvalue weighted by Crippen LogP contribution is -2.23. The fourth-order valence-corrected chi connectivity index (χ4v) is 2.81. The predicted molar refractivity (Wildman–Crippen MR) is 83.2 cm³/mol. The van der Waals surface area contributed by atoms with Crippen molar-refractivity contribution in [1.29, 1.82) is 0 Å². The molecule has 0 fully saturated rings. The molecular formula is C16H12F5NO2S. The Morgan fingerprint density at radius 2 is 1.52 bits per heavy atom. The maximum Gasteiger partial charge on any atom is 0.237 e. The van der Waals surface area contributed by atoms with Gasteiger partial charge in [-0.3, -0.25) is 4.79 Å². The lowest BCUT2D eigenvalue weighted by molar-refractivity contribution is -0.115. The Morgan fingerprint density at radius 3 is 2.08 bits per heavy atom. The van der Waals surface area contributed by atoms with Gasteiger partial charge in [0.05, 0.1) is 22.9 Å². The molecule has 9 heteroatoms. The fraction of sp³-hybridized carbons (Fsp3) is 0.188. The van der Waals surface area contributed by atoms with Crippen LogP contribution in [0, 0.1) is 29.1 Å². The summed E-state index contributed by atoms with van der Waals surface area (Å²) >= 11 is 0.225. The summed E-state index contributed by atoms with van der Waals surface area (Å²) in [5.74, 6) is -10.7. The first-order valence-electron chi connectivity index (χ1n) is 6.89. The molecule has 0 saturated heterocycles. The van der Waals surface area contributed by atoms with Gasteiger partial charge in [-0.25, -0.2) is 22.0 Å². The van der Waals surface area contributed by atoms with E-state index in [4.69, 9.17) is 4.74 Å². The van der Waals surface area contributed by atoms with Gasteiger partial charge in [0, 0.05) is 0 Å². The monoisotopic (exact) mass is 377 g/mol. The number of methoxy groups -OCH3 is 1. The fourth-order valence-electron chi connectivity index (χ4n) is 1.90. The number of anilines is 1. The number of hydrogen-bond acceptors (Lipinski definition) is 3. The van der Waals surface area contributed by atoms with Crippen LogP contribution in [0.1, 0.15) is 6.92 Å². The Kier molecular flexibility index (Phi) is 5.89. The molecule has 0 aromatic heterocycles. The van der Waals surface area contributed by atoms with Gasteiger partial charge in [-0.15, -0.1) is 11.8 Å². The molecule has 0 aliphatic heterocycles. The first-order valence-corrected chi connectivity index (χ1v) is 7.77. The third-order valence-electron chi connectivity index (χ3n) is 3.20. The van der Waals surface area contributed by atoms with Gasteiger partial charge in [-0.05, 0) is 19.1 Å². The highest BCUT2D eigenvalue weighted by molar-refractivity contribution is 8.00. The second-order valence-corrected chi connectivity index (χ2v) is 6.20. The Labute approximate surface area is 144 Å². The largest absolute Gasteiger partial charge is 0.495 e. The molecule has 1 atom stereocenters. The van der Waals surface area contributed by atoms with E-state index in [0.29, 0.717) is 11.4 Å². The third-order valence-corrected chi connectivity index (χ3v) is 4.36. The van der Waals surface area contributed by atoms with E-state index < -0.39 is 45.1 Å². The van der Waals surface area contributed by atoms with Crippen molar-refractivity contribution in [2.24, 2.45) is 0 Å². The van der Waals surface area contributed by atoms with Gasteiger partial charge in [-0.1, -0.05) is 12.1 Å². The van der Waals surface area contributed by atoms with Crippen LogP contribution in [0.15, 0.2) is 29.2 Å². The average molecular weight is 377 g/mol. The summed E-state index contributed by atoms with van der Waals surface area (Å²) in [5, 5.41) is 1.33. The Bertz CT molecular complexity index is 786. The second kappa shape index (κ2) is 7.73. The first-order chi connectivity index (χ1) is 11.8. The van der Waals surface area contributed by atoms with Crippen molar-refractivity contribution in [3.63, 3.8) is 0 Å². The normalized spacial score (nSPS) is 12.0. The highest BCUT2D eigenvalue weighted by Gasteiger charge is 2.28. The summed E-state index contributed by atoms with van der Waals surface area (Å²) in [7, 11) is 1.39. The van der Waals surface area contributed by atoms with Gasteiger partial charge in [0.25, 0.3) is 0 Å². The summed E-state index contributed by atoms with van der Waals surface area (Å²) in [4.78, 5) is 11.0. The number of halogens is 5. The van der Waals surface area contributed by atoms with E-state index in [-0.39, 0.29) is 11.8 Å². The van der Waals surface area contributed by atoms with Crippen LogP contribution in [-0.4, -0.2) is 18.3 Å². The van der Waals surface area contributed by atoms with Crippen LogP contribution in [0.3, 0.4) is 0 Å². The summed E-state index contributed by atoms with van der Waals surface area (Å²) < 4.78 is 71.9. The molecule has 1 amide bonds. The lowest BCUT2D eigenvalue weighted by Gasteiger charge is -2.15. The molecule has 0 aliphatic rings. The van der Waals surface area contributed by atoms with Crippen LogP contribution in [-0.2, 0) is 4.79 Å². The minimum Gasteiger partial charge on any atom is -0.495 e. The molecule has 0 bridgehead atoms. The van der Waals surface area contributed by atoms with Gasteiger partial charge >= 0.3 is 0 Å². The van der Waals surface area contributed by atoms with E-state index >= 15 is 0 Å². The maximum absolute atomic E-state index is 13.7. The number of ether oxygens (including phenoxy) is 1. The molecule has 0 aliphatic carbocycles. The van der Waals surface area contributed by atoms with E-state index in [1.807, 2.05) is 0 Å². The van der Waals surface area contributed by atoms with Crippen LogP contribution >= 0.6 is 11.8 Å². The number of carbonyl (C=O) groups excluding carboxylic acids is 1. The Morgan fingerprint density at radius 1 is 1.00 bits per heavy atom. The highest BCUT2D eigenvalue weighted by atomic mass is 32.2. The van der Waals surface area contributed by atoms with Crippen molar-refractivity contribution in [2.45, 2.75) is 17.1 Å². The van der Waals surface area contributed by atoms with E-state index in [2.05, 4.69) is 5.32 Å². The smallest absolute Gasteiger partial charge is 0.237 e. The second-order valence-electron chi connectivity index (χ2n) is 4.85. The maximum atomic E-state index is 13.7. The number of rotatable bonds is 5. The lowest BCUT2D eigenvalue weighted by atomic mass is 10.3. The van der Waals surface area contributed by atoms with Gasteiger partial charge in [-0.2, -0.15) is 0 Å². The number of carbonyl (C=O) groups is 1. The minimum absolute atomic E-state index is 0.225. The SMILES string of the molecule is COc1ccccc1NC(=O)[C@H](C)Sc1c(F)c(F)c(F)c(F)c1F. The van der Waals surface area contributed by atoms with Crippen LogP contribution in [0.25, 0.3) is 0 Å². The van der Waals surface area contributed by atoms with Crippen LogP contribution in [0.2, 0.25) is 0 Å². The van der Waals surface area contributed by atoms with E-state index in [1.165, 1.54) is 20.1 Å². The highest BCUT2D eigenvalue weighted by Crippen LogP contribution is 2.34. The van der Waals surface area contributed by atoms with Crippen molar-refractivity contribution >= 4 is 23.4 Å². The topological polar surface area (TPSA) is 38.3 Å². The standard InChI is InChI=1S/C16H12F5NO2S/c1-7(16(23)22-8-5-3-4-6-9(8)24-2)25-15-13(20)11(18)10(17)12(19)14(15)21/h3-7H,1-2H3,(H,22,23)/t7-/m0/s1. The van der Waals surface area contributed by atoms with E-state index in [9.17, 15) is 26.7 Å². The molecule has 2 aromatic rings. The molecular weight excluding hydrogens is 365 g/mol. The molecule has 25 heavy (non-hydrogen) atoms. The zero-order chi connectivity index (χ0) is 18.7. The molecule has 0 radical (unpaired) electrons. The zero-order valence-electron chi connectivity index (χ0n) is 13.0. The summed E-state index contributed by atoms with van der Waals surface area (Å²) in [6.07, 6.45) is 0. The van der Waals surface area contributed by atoms with Gasteiger partial charge in [0.15, 0.2) is 23.3 Å². The molecule has 134 valence electrons. The van der Waals surface area contributed by atoms with Crippen molar-refractivity contribution in [1.82, 2.24) is 0 Å². The summed E-state index contributed by atoms with van der Waals surface area (Å²) in [5.41, 5.74) is 0.305. The van der Waals surface area contributed by atoms with Crippen molar-refractivity contribution in [3.05, 3.63) is 53.4 Å². The molecule has 1 N–H and O–H groups in total. The van der Waals surface area contributed by atoms with Crippen molar-refractivity contribution in [2.75, 3.05) is 12.4 Å². The Balaban J connectivity index is 2.23. The number of nitrogens with one attached hydrogen (secondary N) is 1. The third kappa shape index (κ3) is 3.87. The molecule has 2 aromatic carbocycles. The molecule has 3 nitrogen and oxygen atoms in total. The molecule has 0 unspecified atom stereocenters. The minimum atomic E-state index is -2.24. The van der Waals surface area contributed by atoms with Crippen molar-refractivity contribution in [3.8, 4) is 5.75 Å². The van der Waals surface area contributed by atoms with E-state index in [1.54, 1.807) is 18.2 Å². The number of thioether (sulfide) groups is 1. The number of para-hydroxylation sites is 2. The van der Waals surface area contributed by atoms with Crippen LogP contribution in [0.4, 0.5) is 27.6 Å². The number of hydrogen-bond donors (Lipinski definition) is 1. The summed E-state index contributed by atoms with van der Waals surface area (Å²) in [6, 6.07) is 6.41. The number of benzene rings is 2. The first kappa shape index (κ1) is 19.0. The van der Waals surface area contributed by atoms with E-state index in [0.717, 1.165) is 0 Å². The van der Waals surface area contributed by atoms with Gasteiger partial charge < -0.3 is 10.1 Å². The zero-order valence-corrected chi connectivity index (χ0v) is 13.8. The quantitative estimate of drug-likeness (QED) is 0.361. The molecule has 0 heterocycles. The number of amides is 1. The van der Waals surface area contributed by atoms with Crippen LogP contribution in [0.5, 0.6) is 5.75 Å². The van der Waals surface area contributed by atoms with Gasteiger partial charge in [0.1, 0.15) is 5.75 Å².